The topological polar surface area (TPSA) is 58.4 Å². The molecule has 1 aromatic carbocycles. The van der Waals surface area contributed by atoms with Crippen LogP contribution in [0.2, 0.25) is 0 Å². The first kappa shape index (κ1) is 15.9. The van der Waals surface area contributed by atoms with E-state index in [1.165, 1.54) is 0 Å². The second-order valence-electron chi connectivity index (χ2n) is 5.49. The van der Waals surface area contributed by atoms with Gasteiger partial charge in [-0.2, -0.15) is 0 Å². The normalized spacial score (nSPS) is 20.7. The van der Waals surface area contributed by atoms with Crippen molar-refractivity contribution in [1.29, 1.82) is 0 Å². The Balaban J connectivity index is 2.04. The van der Waals surface area contributed by atoms with Gasteiger partial charge >= 0.3 is 0 Å². The van der Waals surface area contributed by atoms with Crippen molar-refractivity contribution in [3.8, 4) is 0 Å². The van der Waals surface area contributed by atoms with Gasteiger partial charge in [-0.3, -0.25) is 4.79 Å². The van der Waals surface area contributed by atoms with Gasteiger partial charge in [0.05, 0.1) is 4.99 Å². The van der Waals surface area contributed by atoms with E-state index in [0.717, 1.165) is 38.0 Å². The average molecular weight is 305 g/mol. The van der Waals surface area contributed by atoms with Crippen LogP contribution in [0.15, 0.2) is 30.3 Å². The monoisotopic (exact) mass is 305 g/mol. The Morgan fingerprint density at radius 2 is 2.19 bits per heavy atom. The smallest absolute Gasteiger partial charge is 0.234 e. The van der Waals surface area contributed by atoms with Crippen molar-refractivity contribution in [1.82, 2.24) is 10.2 Å². The molecule has 1 amide bonds. The summed E-state index contributed by atoms with van der Waals surface area (Å²) in [4.78, 5) is 15.1. The number of hydrogen-bond donors (Lipinski definition) is 2. The SMILES string of the molecule is CCN1CCCC(NC(=O)C(C(N)=S)c2ccccc2)C1. The minimum absolute atomic E-state index is 0.0864. The maximum Gasteiger partial charge on any atom is 0.234 e. The van der Waals surface area contributed by atoms with E-state index in [2.05, 4.69) is 17.1 Å². The van der Waals surface area contributed by atoms with Crippen LogP contribution in [0.3, 0.4) is 0 Å². The third-order valence-corrected chi connectivity index (χ3v) is 4.21. The zero-order chi connectivity index (χ0) is 15.2. The molecular weight excluding hydrogens is 282 g/mol. The molecule has 0 saturated carbocycles. The standard InChI is InChI=1S/C16H23N3OS/c1-2-19-10-6-9-13(11-19)18-16(20)14(15(17)21)12-7-4-3-5-8-12/h3-5,7-8,13-14H,2,6,9-11H2,1H3,(H2,17,21)(H,18,20). The summed E-state index contributed by atoms with van der Waals surface area (Å²) < 4.78 is 0. The lowest BCUT2D eigenvalue weighted by molar-refractivity contribution is -0.122. The number of likely N-dealkylation sites (N-methyl/N-ethyl adjacent to an activating group) is 1. The van der Waals surface area contributed by atoms with Crippen LogP contribution >= 0.6 is 12.2 Å². The molecule has 2 rings (SSSR count). The summed E-state index contributed by atoms with van der Waals surface area (Å²) >= 11 is 5.10. The van der Waals surface area contributed by atoms with Gasteiger partial charge in [-0.25, -0.2) is 0 Å². The molecular formula is C16H23N3OS. The van der Waals surface area contributed by atoms with Gasteiger partial charge < -0.3 is 16.0 Å². The quantitative estimate of drug-likeness (QED) is 0.812. The van der Waals surface area contributed by atoms with Gasteiger partial charge in [-0.05, 0) is 31.5 Å². The van der Waals surface area contributed by atoms with Crippen molar-refractivity contribution >= 4 is 23.1 Å². The first-order valence-electron chi connectivity index (χ1n) is 7.48. The predicted molar refractivity (Wildman–Crippen MR) is 89.2 cm³/mol. The van der Waals surface area contributed by atoms with Gasteiger partial charge in [0.25, 0.3) is 0 Å². The summed E-state index contributed by atoms with van der Waals surface area (Å²) in [6.45, 7) is 5.18. The lowest BCUT2D eigenvalue weighted by Crippen LogP contribution is -2.49. The minimum atomic E-state index is -0.543. The highest BCUT2D eigenvalue weighted by Gasteiger charge is 2.27. The number of nitrogens with one attached hydrogen (secondary N) is 1. The summed E-state index contributed by atoms with van der Waals surface area (Å²) in [5.74, 6) is -0.630. The molecule has 1 aliphatic heterocycles. The molecule has 0 spiro atoms. The van der Waals surface area contributed by atoms with Crippen molar-refractivity contribution in [3.05, 3.63) is 35.9 Å². The maximum absolute atomic E-state index is 12.6. The zero-order valence-electron chi connectivity index (χ0n) is 12.4. The van der Waals surface area contributed by atoms with Gasteiger partial charge in [0.1, 0.15) is 5.92 Å². The first-order chi connectivity index (χ1) is 10.1. The molecule has 4 nitrogen and oxygen atoms in total. The molecule has 0 bridgehead atoms. The van der Waals surface area contributed by atoms with Crippen LogP contribution in [0.5, 0.6) is 0 Å². The van der Waals surface area contributed by atoms with E-state index in [-0.39, 0.29) is 16.9 Å². The van der Waals surface area contributed by atoms with Gasteiger partial charge in [-0.1, -0.05) is 49.5 Å². The van der Waals surface area contributed by atoms with Gasteiger partial charge in [0.15, 0.2) is 0 Å². The molecule has 1 aliphatic rings. The van der Waals surface area contributed by atoms with E-state index in [0.29, 0.717) is 0 Å². The van der Waals surface area contributed by atoms with Crippen LogP contribution in [0, 0.1) is 0 Å². The Hall–Kier alpha value is -1.46. The Morgan fingerprint density at radius 3 is 2.81 bits per heavy atom. The van der Waals surface area contributed by atoms with E-state index in [1.807, 2.05) is 30.3 Å². The van der Waals surface area contributed by atoms with Crippen LogP contribution < -0.4 is 11.1 Å². The Bertz CT molecular complexity index is 492. The third-order valence-electron chi connectivity index (χ3n) is 3.98. The number of rotatable bonds is 5. The Kier molecular flexibility index (Phi) is 5.70. The molecule has 2 unspecified atom stereocenters. The molecule has 1 saturated heterocycles. The number of nitrogens with two attached hydrogens (primary N) is 1. The van der Waals surface area contributed by atoms with Crippen LogP contribution in [-0.4, -0.2) is 41.5 Å². The molecule has 1 fully saturated rings. The Morgan fingerprint density at radius 1 is 1.48 bits per heavy atom. The summed E-state index contributed by atoms with van der Waals surface area (Å²) in [6, 6.07) is 9.68. The number of benzene rings is 1. The van der Waals surface area contributed by atoms with Gasteiger partial charge in [0.2, 0.25) is 5.91 Å². The molecule has 3 N–H and O–H groups in total. The van der Waals surface area contributed by atoms with E-state index >= 15 is 0 Å². The number of likely N-dealkylation sites (tertiary alicyclic amines) is 1. The Labute approximate surface area is 131 Å². The van der Waals surface area contributed by atoms with E-state index < -0.39 is 5.92 Å². The van der Waals surface area contributed by atoms with Gasteiger partial charge in [-0.15, -0.1) is 0 Å². The van der Waals surface area contributed by atoms with Crippen molar-refractivity contribution in [2.75, 3.05) is 19.6 Å². The highest BCUT2D eigenvalue weighted by molar-refractivity contribution is 7.80. The number of hydrogen-bond acceptors (Lipinski definition) is 3. The van der Waals surface area contributed by atoms with Crippen LogP contribution in [0.1, 0.15) is 31.2 Å². The highest BCUT2D eigenvalue weighted by atomic mass is 32.1. The largest absolute Gasteiger partial charge is 0.392 e. The molecule has 2 atom stereocenters. The number of piperidine rings is 1. The number of carbonyl (C=O) groups is 1. The van der Waals surface area contributed by atoms with Crippen molar-refractivity contribution in [3.63, 3.8) is 0 Å². The predicted octanol–water partition coefficient (Wildman–Crippen LogP) is 1.66. The fourth-order valence-corrected chi connectivity index (χ4v) is 3.08. The number of carbonyl (C=O) groups excluding carboxylic acids is 1. The molecule has 0 aromatic heterocycles. The highest BCUT2D eigenvalue weighted by Crippen LogP contribution is 2.18. The molecule has 5 heteroatoms. The van der Waals surface area contributed by atoms with Crippen molar-refractivity contribution < 1.29 is 4.79 Å². The lowest BCUT2D eigenvalue weighted by atomic mass is 9.97. The van der Waals surface area contributed by atoms with E-state index in [4.69, 9.17) is 18.0 Å². The van der Waals surface area contributed by atoms with Crippen molar-refractivity contribution in [2.24, 2.45) is 5.73 Å². The second kappa shape index (κ2) is 7.52. The van der Waals surface area contributed by atoms with E-state index in [9.17, 15) is 4.79 Å². The first-order valence-corrected chi connectivity index (χ1v) is 7.89. The maximum atomic E-state index is 12.6. The van der Waals surface area contributed by atoms with Crippen molar-refractivity contribution in [2.45, 2.75) is 31.7 Å². The van der Waals surface area contributed by atoms with E-state index in [1.54, 1.807) is 0 Å². The fraction of sp³-hybridized carbons (Fsp3) is 0.500. The molecule has 1 heterocycles. The summed E-state index contributed by atoms with van der Waals surface area (Å²) in [7, 11) is 0. The van der Waals surface area contributed by atoms with Gasteiger partial charge in [0, 0.05) is 12.6 Å². The van der Waals surface area contributed by atoms with Crippen LogP contribution in [0.4, 0.5) is 0 Å². The molecule has 21 heavy (non-hydrogen) atoms. The third kappa shape index (κ3) is 4.25. The van der Waals surface area contributed by atoms with Crippen LogP contribution in [-0.2, 0) is 4.79 Å². The molecule has 0 aliphatic carbocycles. The summed E-state index contributed by atoms with van der Waals surface area (Å²) in [5.41, 5.74) is 6.64. The lowest BCUT2D eigenvalue weighted by Gasteiger charge is -2.33. The number of thiocarbonyl (C=S) groups is 1. The fourth-order valence-electron chi connectivity index (χ4n) is 2.84. The number of amides is 1. The number of nitrogens with zero attached hydrogens (tertiary/aromatic N) is 1. The second-order valence-corrected chi connectivity index (χ2v) is 5.96. The minimum Gasteiger partial charge on any atom is -0.392 e. The zero-order valence-corrected chi connectivity index (χ0v) is 13.2. The molecule has 114 valence electrons. The summed E-state index contributed by atoms with van der Waals surface area (Å²) in [5, 5.41) is 3.11. The summed E-state index contributed by atoms with van der Waals surface area (Å²) in [6.07, 6.45) is 2.13. The molecule has 1 aromatic rings. The average Bonchev–Trinajstić information content (AvgIpc) is 2.48. The molecule has 0 radical (unpaired) electrons. The van der Waals surface area contributed by atoms with Crippen LogP contribution in [0.25, 0.3) is 0 Å².